The van der Waals surface area contributed by atoms with E-state index in [-0.39, 0.29) is 24.5 Å². The Bertz CT molecular complexity index is 1040. The number of amides is 1. The van der Waals surface area contributed by atoms with Crippen molar-refractivity contribution < 1.29 is 14.6 Å². The molecule has 1 unspecified atom stereocenters. The fraction of sp³-hybridized carbons (Fsp3) is 0.552. The lowest BCUT2D eigenvalue weighted by atomic mass is 9.65. The number of hydrogen-bond acceptors (Lipinski definition) is 4. The Morgan fingerprint density at radius 3 is 2.39 bits per heavy atom. The molecule has 0 bridgehead atoms. The van der Waals surface area contributed by atoms with Crippen molar-refractivity contribution in [2.75, 3.05) is 46.0 Å². The first-order valence-corrected chi connectivity index (χ1v) is 14.0. The SMILES string of the molecule is O=C1N(CC2CC2)[C@H](c2ccc(Cl)cc2)[C@@H](c2cccc(Cl)c2)CC1(CCO)CCN1CCOCC1. The largest absolute Gasteiger partial charge is 0.396 e. The number of nitrogens with zero attached hydrogens (tertiary/aromatic N) is 2. The minimum absolute atomic E-state index is 0.00000285. The van der Waals surface area contributed by atoms with Crippen LogP contribution >= 0.6 is 23.2 Å². The third-order valence-corrected chi connectivity index (χ3v) is 8.77. The van der Waals surface area contributed by atoms with Crippen molar-refractivity contribution in [1.29, 1.82) is 0 Å². The zero-order valence-corrected chi connectivity index (χ0v) is 22.3. The number of benzene rings is 2. The first-order valence-electron chi connectivity index (χ1n) is 13.2. The van der Waals surface area contributed by atoms with E-state index < -0.39 is 5.41 Å². The number of aliphatic hydroxyl groups excluding tert-OH is 1. The fourth-order valence-corrected chi connectivity index (χ4v) is 6.43. The van der Waals surface area contributed by atoms with Gasteiger partial charge in [0.2, 0.25) is 5.91 Å². The molecule has 0 spiro atoms. The van der Waals surface area contributed by atoms with Gasteiger partial charge in [0.15, 0.2) is 0 Å². The minimum atomic E-state index is -0.613. The molecule has 0 radical (unpaired) electrons. The highest BCUT2D eigenvalue weighted by atomic mass is 35.5. The van der Waals surface area contributed by atoms with Crippen molar-refractivity contribution in [3.63, 3.8) is 0 Å². The number of carbonyl (C=O) groups excluding carboxylic acids is 1. The van der Waals surface area contributed by atoms with E-state index in [0.717, 1.165) is 56.9 Å². The quantitative estimate of drug-likeness (QED) is 0.461. The minimum Gasteiger partial charge on any atom is -0.396 e. The van der Waals surface area contributed by atoms with Crippen LogP contribution in [0.25, 0.3) is 0 Å². The second kappa shape index (κ2) is 11.4. The molecule has 1 N–H and O–H groups in total. The number of ether oxygens (including phenoxy) is 1. The molecule has 36 heavy (non-hydrogen) atoms. The molecule has 2 aromatic rings. The van der Waals surface area contributed by atoms with Crippen LogP contribution < -0.4 is 0 Å². The van der Waals surface area contributed by atoms with Gasteiger partial charge in [-0.2, -0.15) is 0 Å². The van der Waals surface area contributed by atoms with Crippen molar-refractivity contribution in [2.45, 2.75) is 44.1 Å². The van der Waals surface area contributed by atoms with E-state index >= 15 is 0 Å². The van der Waals surface area contributed by atoms with Crippen LogP contribution in [-0.2, 0) is 9.53 Å². The van der Waals surface area contributed by atoms with Gasteiger partial charge in [-0.05, 0) is 80.0 Å². The molecule has 2 aromatic carbocycles. The lowest BCUT2D eigenvalue weighted by Gasteiger charge is -2.51. The van der Waals surface area contributed by atoms with Gasteiger partial charge in [-0.3, -0.25) is 9.69 Å². The van der Waals surface area contributed by atoms with Gasteiger partial charge in [-0.15, -0.1) is 0 Å². The standard InChI is InChI=1S/C29H36Cl2N2O3/c30-24-8-6-22(7-9-24)27-26(23-2-1-3-25(31)18-23)19-29(11-15-34,10-12-32-13-16-36-17-14-32)28(35)33(27)20-21-4-5-21/h1-3,6-9,18,21,26-27,34H,4-5,10-17,19-20H2/t26-,27-,29?/m1/s1. The zero-order valence-electron chi connectivity index (χ0n) is 20.8. The van der Waals surface area contributed by atoms with E-state index in [2.05, 4.69) is 28.0 Å². The van der Waals surface area contributed by atoms with Gasteiger partial charge in [0.25, 0.3) is 0 Å². The van der Waals surface area contributed by atoms with Gasteiger partial charge >= 0.3 is 0 Å². The number of carbonyl (C=O) groups is 1. The molecule has 1 aliphatic carbocycles. The molecule has 3 fully saturated rings. The van der Waals surface area contributed by atoms with Gasteiger partial charge in [0, 0.05) is 42.2 Å². The van der Waals surface area contributed by atoms with Crippen molar-refractivity contribution >= 4 is 29.1 Å². The lowest BCUT2D eigenvalue weighted by molar-refractivity contribution is -0.155. The predicted octanol–water partition coefficient (Wildman–Crippen LogP) is 5.55. The van der Waals surface area contributed by atoms with Crippen molar-refractivity contribution in [3.8, 4) is 0 Å². The second-order valence-electron chi connectivity index (χ2n) is 10.7. The number of likely N-dealkylation sites (tertiary alicyclic amines) is 1. The van der Waals surface area contributed by atoms with E-state index in [1.165, 1.54) is 12.8 Å². The Kier molecular flexibility index (Phi) is 8.24. The number of rotatable bonds is 9. The number of halogens is 2. The summed E-state index contributed by atoms with van der Waals surface area (Å²) in [7, 11) is 0. The monoisotopic (exact) mass is 530 g/mol. The molecule has 1 amide bonds. The van der Waals surface area contributed by atoms with Gasteiger partial charge in [-0.1, -0.05) is 47.5 Å². The van der Waals surface area contributed by atoms with Crippen LogP contribution in [-0.4, -0.2) is 66.8 Å². The molecule has 2 aliphatic heterocycles. The van der Waals surface area contributed by atoms with E-state index in [9.17, 15) is 9.90 Å². The van der Waals surface area contributed by atoms with E-state index in [0.29, 0.717) is 28.8 Å². The molecule has 5 rings (SSSR count). The third-order valence-electron chi connectivity index (χ3n) is 8.28. The maximum atomic E-state index is 14.5. The van der Waals surface area contributed by atoms with Crippen LogP contribution in [0.5, 0.6) is 0 Å². The Labute approximate surface area is 224 Å². The Balaban J connectivity index is 1.55. The summed E-state index contributed by atoms with van der Waals surface area (Å²) in [4.78, 5) is 19.0. The van der Waals surface area contributed by atoms with E-state index in [1.54, 1.807) is 0 Å². The van der Waals surface area contributed by atoms with Crippen LogP contribution in [0.3, 0.4) is 0 Å². The highest BCUT2D eigenvalue weighted by Crippen LogP contribution is 2.53. The maximum Gasteiger partial charge on any atom is 0.229 e. The summed E-state index contributed by atoms with van der Waals surface area (Å²) in [5, 5.41) is 11.6. The van der Waals surface area contributed by atoms with Crippen molar-refractivity contribution in [1.82, 2.24) is 9.80 Å². The van der Waals surface area contributed by atoms with Crippen LogP contribution in [0.4, 0.5) is 0 Å². The molecular formula is C29H36Cl2N2O3. The molecule has 7 heteroatoms. The van der Waals surface area contributed by atoms with E-state index in [4.69, 9.17) is 27.9 Å². The summed E-state index contributed by atoms with van der Waals surface area (Å²) < 4.78 is 5.53. The summed E-state index contributed by atoms with van der Waals surface area (Å²) >= 11 is 12.7. The van der Waals surface area contributed by atoms with E-state index in [1.807, 2.05) is 30.3 Å². The Hall–Kier alpha value is -1.63. The molecule has 2 saturated heterocycles. The Morgan fingerprint density at radius 2 is 1.72 bits per heavy atom. The van der Waals surface area contributed by atoms with Crippen molar-refractivity contribution in [3.05, 3.63) is 69.7 Å². The molecule has 2 heterocycles. The topological polar surface area (TPSA) is 53.0 Å². The number of aliphatic hydroxyl groups is 1. The summed E-state index contributed by atoms with van der Waals surface area (Å²) in [5.41, 5.74) is 1.63. The number of morpholine rings is 1. The van der Waals surface area contributed by atoms with Gasteiger partial charge in [-0.25, -0.2) is 0 Å². The predicted molar refractivity (Wildman–Crippen MR) is 143 cm³/mol. The molecular weight excluding hydrogens is 495 g/mol. The molecule has 194 valence electrons. The highest BCUT2D eigenvalue weighted by Gasteiger charge is 2.52. The third kappa shape index (κ3) is 5.76. The Morgan fingerprint density at radius 1 is 0.972 bits per heavy atom. The van der Waals surface area contributed by atoms with Crippen LogP contribution in [0, 0.1) is 11.3 Å². The maximum absolute atomic E-state index is 14.5. The molecule has 3 aliphatic rings. The first-order chi connectivity index (χ1) is 17.5. The van der Waals surface area contributed by atoms with Gasteiger partial charge in [0.1, 0.15) is 0 Å². The van der Waals surface area contributed by atoms with Crippen molar-refractivity contribution in [2.24, 2.45) is 11.3 Å². The summed E-state index contributed by atoms with van der Waals surface area (Å²) in [6.45, 7) is 4.84. The summed E-state index contributed by atoms with van der Waals surface area (Å²) in [6, 6.07) is 15.9. The molecule has 0 aromatic heterocycles. The molecule has 5 nitrogen and oxygen atoms in total. The first kappa shape index (κ1) is 26.0. The van der Waals surface area contributed by atoms with Crippen LogP contribution in [0.15, 0.2) is 48.5 Å². The van der Waals surface area contributed by atoms with Crippen LogP contribution in [0.2, 0.25) is 10.0 Å². The zero-order chi connectivity index (χ0) is 25.1. The average molecular weight is 532 g/mol. The van der Waals surface area contributed by atoms with Gasteiger partial charge in [0.05, 0.1) is 24.7 Å². The average Bonchev–Trinajstić information content (AvgIpc) is 3.71. The van der Waals surface area contributed by atoms with Gasteiger partial charge < -0.3 is 14.7 Å². The summed E-state index contributed by atoms with van der Waals surface area (Å²) in [6.07, 6.45) is 4.23. The highest BCUT2D eigenvalue weighted by molar-refractivity contribution is 6.30. The normalized spacial score (nSPS) is 27.4. The number of hydrogen-bond donors (Lipinski definition) is 1. The molecule has 1 saturated carbocycles. The second-order valence-corrected chi connectivity index (χ2v) is 11.6. The smallest absolute Gasteiger partial charge is 0.229 e. The molecule has 3 atom stereocenters. The fourth-order valence-electron chi connectivity index (χ4n) is 6.11. The summed E-state index contributed by atoms with van der Waals surface area (Å²) in [5.74, 6) is 0.806. The number of piperidine rings is 1. The van der Waals surface area contributed by atoms with Crippen LogP contribution in [0.1, 0.15) is 55.2 Å². The lowest BCUT2D eigenvalue weighted by Crippen LogP contribution is -2.55.